The molecule has 1 aromatic rings. The molecule has 2 rings (SSSR count). The lowest BCUT2D eigenvalue weighted by molar-refractivity contribution is 0.0956. The second kappa shape index (κ2) is 8.14. The van der Waals surface area contributed by atoms with Crippen molar-refractivity contribution >= 4 is 29.0 Å². The molecule has 1 saturated heterocycles. The fourth-order valence-corrected chi connectivity index (χ4v) is 3.28. The molecule has 1 fully saturated rings. The van der Waals surface area contributed by atoms with Gasteiger partial charge in [0.1, 0.15) is 0 Å². The smallest absolute Gasteiger partial charge is 0.251 e. The van der Waals surface area contributed by atoms with E-state index in [1.54, 1.807) is 12.1 Å². The van der Waals surface area contributed by atoms with Crippen LogP contribution in [0.2, 0.25) is 0 Å². The normalized spacial score (nSPS) is 15.7. The molecule has 0 spiro atoms. The van der Waals surface area contributed by atoms with Crippen molar-refractivity contribution in [3.8, 4) is 0 Å². The predicted octanol–water partition coefficient (Wildman–Crippen LogP) is 1.48. The van der Waals surface area contributed by atoms with Crippen LogP contribution in [0.3, 0.4) is 0 Å². The number of rotatable bonds is 6. The topological polar surface area (TPSA) is 70.4 Å². The Balaban J connectivity index is 1.84. The van der Waals surface area contributed by atoms with Crippen LogP contribution in [0.4, 0.5) is 11.4 Å². The number of nitrogens with zero attached hydrogens (tertiary/aromatic N) is 1. The maximum absolute atomic E-state index is 11.7. The van der Waals surface area contributed by atoms with Gasteiger partial charge in [0.2, 0.25) is 0 Å². The average Bonchev–Trinajstić information content (AvgIpc) is 2.50. The molecule has 1 aromatic carbocycles. The fourth-order valence-electron chi connectivity index (χ4n) is 2.30. The molecule has 1 amide bonds. The Labute approximate surface area is 130 Å². The average molecular weight is 308 g/mol. The molecule has 1 aliphatic rings. The van der Waals surface area contributed by atoms with E-state index < -0.39 is 0 Å². The van der Waals surface area contributed by atoms with E-state index in [0.717, 1.165) is 31.9 Å². The Morgan fingerprint density at radius 1 is 1.38 bits per heavy atom. The Kier molecular flexibility index (Phi) is 6.20. The van der Waals surface area contributed by atoms with Gasteiger partial charge in [0.05, 0.1) is 11.4 Å². The number of amides is 1. The fraction of sp³-hybridized carbons (Fsp3) is 0.533. The van der Waals surface area contributed by atoms with Crippen LogP contribution in [0.25, 0.3) is 0 Å². The Bertz CT molecular complexity index is 475. The van der Waals surface area contributed by atoms with E-state index in [2.05, 4.69) is 15.5 Å². The Hall–Kier alpha value is -1.40. The number of carbonyl (C=O) groups is 1. The van der Waals surface area contributed by atoms with Crippen molar-refractivity contribution in [1.29, 1.82) is 0 Å². The second-order valence-corrected chi connectivity index (χ2v) is 6.27. The number of thioether (sulfide) groups is 1. The summed E-state index contributed by atoms with van der Waals surface area (Å²) in [5, 5.41) is 6.12. The van der Waals surface area contributed by atoms with Crippen molar-refractivity contribution in [1.82, 2.24) is 10.2 Å². The molecule has 6 heteroatoms. The van der Waals surface area contributed by atoms with E-state index in [1.807, 2.05) is 24.8 Å². The highest BCUT2D eigenvalue weighted by Gasteiger charge is 2.10. The summed E-state index contributed by atoms with van der Waals surface area (Å²) >= 11 is 2.02. The number of carbonyl (C=O) groups excluding carboxylic acids is 1. The van der Waals surface area contributed by atoms with Crippen LogP contribution in [-0.2, 0) is 0 Å². The van der Waals surface area contributed by atoms with E-state index in [0.29, 0.717) is 17.8 Å². The summed E-state index contributed by atoms with van der Waals surface area (Å²) in [6.45, 7) is 6.74. The van der Waals surface area contributed by atoms with Gasteiger partial charge in [-0.3, -0.25) is 9.69 Å². The molecule has 0 aromatic heterocycles. The van der Waals surface area contributed by atoms with Crippen molar-refractivity contribution in [3.63, 3.8) is 0 Å². The third-order valence-electron chi connectivity index (χ3n) is 3.50. The second-order valence-electron chi connectivity index (χ2n) is 5.04. The van der Waals surface area contributed by atoms with Gasteiger partial charge in [0.25, 0.3) is 5.91 Å². The van der Waals surface area contributed by atoms with E-state index in [-0.39, 0.29) is 5.91 Å². The largest absolute Gasteiger partial charge is 0.397 e. The SMILES string of the molecule is CCNC(=O)c1ccc(NCCN2CCSCC2)c(N)c1. The summed E-state index contributed by atoms with van der Waals surface area (Å²) in [4.78, 5) is 14.2. The zero-order valence-corrected chi connectivity index (χ0v) is 13.3. The van der Waals surface area contributed by atoms with Crippen molar-refractivity contribution in [3.05, 3.63) is 23.8 Å². The van der Waals surface area contributed by atoms with E-state index >= 15 is 0 Å². The monoisotopic (exact) mass is 308 g/mol. The quantitative estimate of drug-likeness (QED) is 0.695. The molecule has 0 unspecified atom stereocenters. The van der Waals surface area contributed by atoms with Gasteiger partial charge in [-0.1, -0.05) is 0 Å². The first kappa shape index (κ1) is 16.0. The molecule has 0 aliphatic carbocycles. The van der Waals surface area contributed by atoms with E-state index in [9.17, 15) is 4.79 Å². The Morgan fingerprint density at radius 2 is 2.14 bits per heavy atom. The third-order valence-corrected chi connectivity index (χ3v) is 4.44. The Morgan fingerprint density at radius 3 is 2.81 bits per heavy atom. The van der Waals surface area contributed by atoms with E-state index in [4.69, 9.17) is 5.73 Å². The van der Waals surface area contributed by atoms with Gasteiger partial charge in [-0.25, -0.2) is 0 Å². The summed E-state index contributed by atoms with van der Waals surface area (Å²) in [5.41, 5.74) is 8.14. The van der Waals surface area contributed by atoms with Gasteiger partial charge in [-0.2, -0.15) is 11.8 Å². The molecule has 1 aliphatic heterocycles. The molecule has 0 radical (unpaired) electrons. The molecular weight excluding hydrogens is 284 g/mol. The van der Waals surface area contributed by atoms with Gasteiger partial charge in [-0.15, -0.1) is 0 Å². The predicted molar refractivity (Wildman–Crippen MR) is 91.1 cm³/mol. The number of hydrogen-bond donors (Lipinski definition) is 3. The number of hydrogen-bond acceptors (Lipinski definition) is 5. The van der Waals surface area contributed by atoms with Crippen LogP contribution in [0.15, 0.2) is 18.2 Å². The molecule has 4 N–H and O–H groups in total. The van der Waals surface area contributed by atoms with Gasteiger partial charge >= 0.3 is 0 Å². The molecule has 0 saturated carbocycles. The van der Waals surface area contributed by atoms with Gasteiger partial charge in [-0.05, 0) is 25.1 Å². The molecule has 21 heavy (non-hydrogen) atoms. The van der Waals surface area contributed by atoms with Crippen molar-refractivity contribution in [2.75, 3.05) is 55.3 Å². The summed E-state index contributed by atoms with van der Waals surface area (Å²) in [5.74, 6) is 2.37. The van der Waals surface area contributed by atoms with Crippen LogP contribution >= 0.6 is 11.8 Å². The zero-order chi connectivity index (χ0) is 15.1. The van der Waals surface area contributed by atoms with Crippen molar-refractivity contribution in [2.24, 2.45) is 0 Å². The summed E-state index contributed by atoms with van der Waals surface area (Å²) < 4.78 is 0. The summed E-state index contributed by atoms with van der Waals surface area (Å²) in [6, 6.07) is 5.41. The first-order valence-electron chi connectivity index (χ1n) is 7.42. The summed E-state index contributed by atoms with van der Waals surface area (Å²) in [6.07, 6.45) is 0. The van der Waals surface area contributed by atoms with Crippen LogP contribution < -0.4 is 16.4 Å². The first-order valence-corrected chi connectivity index (χ1v) is 8.58. The van der Waals surface area contributed by atoms with Crippen LogP contribution in [0.1, 0.15) is 17.3 Å². The minimum Gasteiger partial charge on any atom is -0.397 e. The highest BCUT2D eigenvalue weighted by Crippen LogP contribution is 2.19. The van der Waals surface area contributed by atoms with Crippen LogP contribution in [-0.4, -0.2) is 55.0 Å². The molecule has 1 heterocycles. The van der Waals surface area contributed by atoms with Crippen LogP contribution in [0.5, 0.6) is 0 Å². The molecule has 0 bridgehead atoms. The lowest BCUT2D eigenvalue weighted by Gasteiger charge is -2.26. The molecular formula is C15H24N4OS. The molecule has 116 valence electrons. The number of nitrogens with one attached hydrogen (secondary N) is 2. The van der Waals surface area contributed by atoms with Gasteiger partial charge in [0.15, 0.2) is 0 Å². The number of nitrogen functional groups attached to an aromatic ring is 1. The van der Waals surface area contributed by atoms with Crippen molar-refractivity contribution in [2.45, 2.75) is 6.92 Å². The minimum atomic E-state index is -0.0819. The molecule has 0 atom stereocenters. The summed E-state index contributed by atoms with van der Waals surface area (Å²) in [7, 11) is 0. The standard InChI is InChI=1S/C15H24N4OS/c1-2-17-15(20)12-3-4-14(13(16)11-12)18-5-6-19-7-9-21-10-8-19/h3-4,11,18H,2,5-10,16H2,1H3,(H,17,20). The highest BCUT2D eigenvalue weighted by atomic mass is 32.2. The lowest BCUT2D eigenvalue weighted by atomic mass is 10.1. The first-order chi connectivity index (χ1) is 10.2. The number of anilines is 2. The number of nitrogens with two attached hydrogens (primary N) is 1. The van der Waals surface area contributed by atoms with Gasteiger partial charge < -0.3 is 16.4 Å². The van der Waals surface area contributed by atoms with Crippen molar-refractivity contribution < 1.29 is 4.79 Å². The van der Waals surface area contributed by atoms with Gasteiger partial charge in [0, 0.05) is 49.8 Å². The minimum absolute atomic E-state index is 0.0819. The number of benzene rings is 1. The van der Waals surface area contributed by atoms with E-state index in [1.165, 1.54) is 11.5 Å². The lowest BCUT2D eigenvalue weighted by Crippen LogP contribution is -2.36. The zero-order valence-electron chi connectivity index (χ0n) is 12.5. The maximum Gasteiger partial charge on any atom is 0.251 e. The van der Waals surface area contributed by atoms with Crippen LogP contribution in [0, 0.1) is 0 Å². The molecule has 5 nitrogen and oxygen atoms in total. The maximum atomic E-state index is 11.7. The third kappa shape index (κ3) is 4.82. The highest BCUT2D eigenvalue weighted by molar-refractivity contribution is 7.99.